The molecule has 0 atom stereocenters. The van der Waals surface area contributed by atoms with E-state index in [1.807, 2.05) is 0 Å². The highest BCUT2D eigenvalue weighted by atomic mass is 35.5. The Balaban J connectivity index is 2.00. The molecule has 9 heteroatoms. The highest BCUT2D eigenvalue weighted by molar-refractivity contribution is 6.36. The summed E-state index contributed by atoms with van der Waals surface area (Å²) in [4.78, 5) is 25.4. The lowest BCUT2D eigenvalue weighted by Crippen LogP contribution is -2.20. The molecule has 0 fully saturated rings. The minimum atomic E-state index is -0.691. The quantitative estimate of drug-likeness (QED) is 0.664. The maximum absolute atomic E-state index is 11.8. The summed E-state index contributed by atoms with van der Waals surface area (Å²) in [6.07, 6.45) is 1.26. The molecule has 1 aromatic carbocycles. The minimum Gasteiger partial charge on any atom is -0.476 e. The number of nitro groups is 1. The van der Waals surface area contributed by atoms with Crippen LogP contribution < -0.4 is 10.1 Å². The molecule has 1 N–H and O–H groups in total. The summed E-state index contributed by atoms with van der Waals surface area (Å²) in [6.45, 7) is -0.425. The molecule has 2 rings (SSSR count). The minimum absolute atomic E-state index is 0.0927. The number of carbonyl (C=O) groups is 1. The van der Waals surface area contributed by atoms with Gasteiger partial charge in [-0.15, -0.1) is 0 Å². The average Bonchev–Trinajstić information content (AvgIpc) is 2.48. The molecule has 0 aliphatic carbocycles. The first-order valence-corrected chi connectivity index (χ1v) is 6.70. The number of nitrogens with zero attached hydrogens (tertiary/aromatic N) is 2. The second-order valence-electron chi connectivity index (χ2n) is 4.04. The fourth-order valence-electron chi connectivity index (χ4n) is 1.55. The van der Waals surface area contributed by atoms with Crippen LogP contribution in [0.4, 0.5) is 11.5 Å². The van der Waals surface area contributed by atoms with E-state index in [0.29, 0.717) is 10.7 Å². The van der Waals surface area contributed by atoms with Crippen LogP contribution in [-0.2, 0) is 4.79 Å². The fourth-order valence-corrected chi connectivity index (χ4v) is 2.01. The molecule has 0 radical (unpaired) electrons. The van der Waals surface area contributed by atoms with Gasteiger partial charge in [0.2, 0.25) is 5.75 Å². The van der Waals surface area contributed by atoms with Crippen molar-refractivity contribution in [2.45, 2.75) is 0 Å². The standard InChI is InChI=1S/C13H9Cl2N3O4/c14-8-3-4-10(9(15)6-8)17-12(19)7-22-11-2-1-5-16-13(11)18(20)21/h1-6H,7H2,(H,17,19). The topological polar surface area (TPSA) is 94.4 Å². The smallest absolute Gasteiger partial charge is 0.406 e. The van der Waals surface area contributed by atoms with Gasteiger partial charge in [0, 0.05) is 5.02 Å². The van der Waals surface area contributed by atoms with Gasteiger partial charge in [-0.2, -0.15) is 0 Å². The molecular formula is C13H9Cl2N3O4. The number of nitrogens with one attached hydrogen (secondary N) is 1. The zero-order chi connectivity index (χ0) is 16.1. The number of aromatic nitrogens is 1. The molecular weight excluding hydrogens is 333 g/mol. The highest BCUT2D eigenvalue weighted by Crippen LogP contribution is 2.26. The maximum Gasteiger partial charge on any atom is 0.406 e. The summed E-state index contributed by atoms with van der Waals surface area (Å²) in [7, 11) is 0. The number of amides is 1. The van der Waals surface area contributed by atoms with E-state index in [4.69, 9.17) is 27.9 Å². The van der Waals surface area contributed by atoms with E-state index in [1.165, 1.54) is 30.5 Å². The summed E-state index contributed by atoms with van der Waals surface area (Å²) in [6, 6.07) is 7.40. The largest absolute Gasteiger partial charge is 0.476 e. The first-order valence-electron chi connectivity index (χ1n) is 5.94. The SMILES string of the molecule is O=C(COc1cccnc1[N+](=O)[O-])Nc1ccc(Cl)cc1Cl. The number of hydrogen-bond acceptors (Lipinski definition) is 5. The normalized spacial score (nSPS) is 10.1. The number of rotatable bonds is 5. The van der Waals surface area contributed by atoms with Crippen molar-refractivity contribution in [1.82, 2.24) is 4.98 Å². The Hall–Kier alpha value is -2.38. The van der Waals surface area contributed by atoms with E-state index in [1.54, 1.807) is 6.07 Å². The summed E-state index contributed by atoms with van der Waals surface area (Å²) in [5, 5.41) is 14.0. The molecule has 1 aromatic heterocycles. The van der Waals surface area contributed by atoms with Crippen LogP contribution in [0.5, 0.6) is 5.75 Å². The third-order valence-corrected chi connectivity index (χ3v) is 3.04. The number of ether oxygens (including phenoxy) is 1. The van der Waals surface area contributed by atoms with Gasteiger partial charge in [0.1, 0.15) is 6.20 Å². The molecule has 0 aliphatic heterocycles. The number of carbonyl (C=O) groups excluding carboxylic acids is 1. The zero-order valence-electron chi connectivity index (χ0n) is 11.0. The van der Waals surface area contributed by atoms with Crippen molar-refractivity contribution in [1.29, 1.82) is 0 Å². The first kappa shape index (κ1) is 16.0. The Bertz CT molecular complexity index is 724. The molecule has 2 aromatic rings. The van der Waals surface area contributed by atoms with E-state index < -0.39 is 23.3 Å². The highest BCUT2D eigenvalue weighted by Gasteiger charge is 2.17. The average molecular weight is 342 g/mol. The van der Waals surface area contributed by atoms with Gasteiger partial charge in [-0.3, -0.25) is 4.79 Å². The predicted molar refractivity (Wildman–Crippen MR) is 81.5 cm³/mol. The van der Waals surface area contributed by atoms with Crippen LogP contribution in [0.3, 0.4) is 0 Å². The summed E-state index contributed by atoms with van der Waals surface area (Å²) < 4.78 is 5.11. The van der Waals surface area contributed by atoms with Crippen molar-refractivity contribution in [3.05, 3.63) is 56.7 Å². The Labute approximate surface area is 135 Å². The van der Waals surface area contributed by atoms with E-state index in [0.717, 1.165) is 0 Å². The van der Waals surface area contributed by atoms with Crippen LogP contribution in [0.1, 0.15) is 0 Å². The van der Waals surface area contributed by atoms with Gasteiger partial charge in [-0.05, 0) is 40.2 Å². The van der Waals surface area contributed by atoms with Gasteiger partial charge in [0.05, 0.1) is 10.7 Å². The second-order valence-corrected chi connectivity index (χ2v) is 4.89. The van der Waals surface area contributed by atoms with E-state index in [-0.39, 0.29) is 10.8 Å². The molecule has 0 spiro atoms. The lowest BCUT2D eigenvalue weighted by molar-refractivity contribution is -0.390. The monoisotopic (exact) mass is 341 g/mol. The molecule has 0 saturated carbocycles. The van der Waals surface area contributed by atoms with E-state index >= 15 is 0 Å². The lowest BCUT2D eigenvalue weighted by atomic mass is 10.3. The van der Waals surface area contributed by atoms with Crippen LogP contribution >= 0.6 is 23.2 Å². The van der Waals surface area contributed by atoms with Gasteiger partial charge in [-0.1, -0.05) is 23.2 Å². The van der Waals surface area contributed by atoms with E-state index in [9.17, 15) is 14.9 Å². The Morgan fingerprint density at radius 2 is 2.14 bits per heavy atom. The molecule has 0 saturated heterocycles. The molecule has 1 amide bonds. The van der Waals surface area contributed by atoms with Crippen LogP contribution in [0.15, 0.2) is 36.5 Å². The maximum atomic E-state index is 11.8. The Kier molecular flexibility index (Phi) is 5.13. The number of pyridine rings is 1. The van der Waals surface area contributed by atoms with Crippen molar-refractivity contribution >= 4 is 40.6 Å². The summed E-state index contributed by atoms with van der Waals surface area (Å²) in [5.41, 5.74) is 0.361. The van der Waals surface area contributed by atoms with Crippen molar-refractivity contribution in [2.24, 2.45) is 0 Å². The second kappa shape index (κ2) is 7.06. The third kappa shape index (κ3) is 4.06. The molecule has 22 heavy (non-hydrogen) atoms. The van der Waals surface area contributed by atoms with Crippen LogP contribution in [0.25, 0.3) is 0 Å². The first-order chi connectivity index (χ1) is 10.5. The van der Waals surface area contributed by atoms with Crippen molar-refractivity contribution in [3.8, 4) is 5.75 Å². The number of hydrogen-bond donors (Lipinski definition) is 1. The number of benzene rings is 1. The van der Waals surface area contributed by atoms with Gasteiger partial charge >= 0.3 is 5.82 Å². The molecule has 7 nitrogen and oxygen atoms in total. The van der Waals surface area contributed by atoms with Gasteiger partial charge < -0.3 is 20.2 Å². The Morgan fingerprint density at radius 1 is 1.36 bits per heavy atom. The van der Waals surface area contributed by atoms with Crippen LogP contribution in [-0.4, -0.2) is 22.4 Å². The molecule has 0 aliphatic rings. The molecule has 1 heterocycles. The van der Waals surface area contributed by atoms with Crippen LogP contribution in [0, 0.1) is 10.1 Å². The van der Waals surface area contributed by atoms with Crippen molar-refractivity contribution in [2.75, 3.05) is 11.9 Å². The number of anilines is 1. The lowest BCUT2D eigenvalue weighted by Gasteiger charge is -2.08. The predicted octanol–water partition coefficient (Wildman–Crippen LogP) is 3.31. The van der Waals surface area contributed by atoms with Gasteiger partial charge in [0.15, 0.2) is 6.61 Å². The molecule has 0 bridgehead atoms. The van der Waals surface area contributed by atoms with E-state index in [2.05, 4.69) is 10.3 Å². The summed E-state index contributed by atoms with van der Waals surface area (Å²) >= 11 is 11.7. The van der Waals surface area contributed by atoms with Crippen molar-refractivity contribution < 1.29 is 14.5 Å². The summed E-state index contributed by atoms with van der Waals surface area (Å²) in [5.74, 6) is -1.08. The van der Waals surface area contributed by atoms with Crippen molar-refractivity contribution in [3.63, 3.8) is 0 Å². The van der Waals surface area contributed by atoms with Gasteiger partial charge in [-0.25, -0.2) is 0 Å². The van der Waals surface area contributed by atoms with Gasteiger partial charge in [0.25, 0.3) is 5.91 Å². The Morgan fingerprint density at radius 3 is 2.82 bits per heavy atom. The molecule has 0 unspecified atom stereocenters. The zero-order valence-corrected chi connectivity index (χ0v) is 12.5. The molecule has 114 valence electrons. The number of halogens is 2. The van der Waals surface area contributed by atoms with Crippen LogP contribution in [0.2, 0.25) is 10.0 Å². The fraction of sp³-hybridized carbons (Fsp3) is 0.0769. The third-order valence-electron chi connectivity index (χ3n) is 2.49.